The van der Waals surface area contributed by atoms with Gasteiger partial charge in [0, 0.05) is 16.1 Å². The van der Waals surface area contributed by atoms with E-state index in [1.54, 1.807) is 18.3 Å². The van der Waals surface area contributed by atoms with E-state index in [1.807, 2.05) is 67.6 Å². The summed E-state index contributed by atoms with van der Waals surface area (Å²) >= 11 is 14.4. The fourth-order valence-corrected chi connectivity index (χ4v) is 5.95. The van der Waals surface area contributed by atoms with Gasteiger partial charge < -0.3 is 0 Å². The molecule has 0 aliphatic carbocycles. The number of thioether (sulfide) groups is 1. The Morgan fingerprint density at radius 1 is 1.06 bits per heavy atom. The zero-order valence-corrected chi connectivity index (χ0v) is 21.7. The maximum Gasteiger partial charge on any atom is 0.266 e. The summed E-state index contributed by atoms with van der Waals surface area (Å²) in [7, 11) is 0. The van der Waals surface area contributed by atoms with Crippen LogP contribution in [0.25, 0.3) is 11.7 Å². The number of rotatable bonds is 5. The molecular weight excluding hydrogens is 518 g/mol. The van der Waals surface area contributed by atoms with Crippen molar-refractivity contribution in [1.29, 1.82) is 0 Å². The summed E-state index contributed by atoms with van der Waals surface area (Å²) in [6, 6.07) is 20.8. The van der Waals surface area contributed by atoms with Crippen LogP contribution in [0.1, 0.15) is 16.7 Å². The number of hydrogen-bond acceptors (Lipinski definition) is 6. The molecule has 1 fully saturated rings. The van der Waals surface area contributed by atoms with E-state index in [4.69, 9.17) is 28.8 Å². The van der Waals surface area contributed by atoms with E-state index in [0.29, 0.717) is 30.5 Å². The lowest BCUT2D eigenvalue weighted by molar-refractivity contribution is -0.122. The van der Waals surface area contributed by atoms with E-state index >= 15 is 0 Å². The Morgan fingerprint density at radius 2 is 1.80 bits per heavy atom. The van der Waals surface area contributed by atoms with Gasteiger partial charge in [0.15, 0.2) is 0 Å². The Kier molecular flexibility index (Phi) is 6.80. The number of aryl methyl sites for hydroxylation is 1. The van der Waals surface area contributed by atoms with Crippen molar-refractivity contribution in [1.82, 2.24) is 14.3 Å². The van der Waals surface area contributed by atoms with Crippen molar-refractivity contribution >= 4 is 69.3 Å². The molecule has 2 aromatic heterocycles. The van der Waals surface area contributed by atoms with Crippen LogP contribution in [0.3, 0.4) is 0 Å². The third kappa shape index (κ3) is 4.92. The Labute approximate surface area is 220 Å². The molecule has 1 saturated heterocycles. The van der Waals surface area contributed by atoms with Crippen molar-refractivity contribution in [3.63, 3.8) is 0 Å². The number of hydrogen-bond donors (Lipinski definition) is 0. The van der Waals surface area contributed by atoms with Crippen LogP contribution in [0.5, 0.6) is 0 Å². The van der Waals surface area contributed by atoms with Crippen LogP contribution in [0.15, 0.2) is 92.5 Å². The number of benzene rings is 2. The molecular formula is C26H18ClN3O2S3. The second kappa shape index (κ2) is 9.99. The number of carbonyl (C=O) groups is 1. The number of amides is 1. The Morgan fingerprint density at radius 3 is 2.57 bits per heavy atom. The van der Waals surface area contributed by atoms with Gasteiger partial charge in [-0.2, -0.15) is 0 Å². The molecule has 0 spiro atoms. The fourth-order valence-electron chi connectivity index (χ4n) is 3.60. The summed E-state index contributed by atoms with van der Waals surface area (Å²) < 4.78 is 1.93. The van der Waals surface area contributed by atoms with Gasteiger partial charge in [0.2, 0.25) is 0 Å². The summed E-state index contributed by atoms with van der Waals surface area (Å²) in [6.45, 7) is 2.18. The Bertz CT molecular complexity index is 1570. The minimum absolute atomic E-state index is 0.242. The highest BCUT2D eigenvalue weighted by Crippen LogP contribution is 2.36. The normalized spacial score (nSPS) is 14.9. The predicted molar refractivity (Wildman–Crippen MR) is 147 cm³/mol. The summed E-state index contributed by atoms with van der Waals surface area (Å²) in [5, 5.41) is 1.10. The summed E-state index contributed by atoms with van der Waals surface area (Å²) in [5.41, 5.74) is 2.38. The second-order valence-electron chi connectivity index (χ2n) is 7.84. The highest BCUT2D eigenvalue weighted by molar-refractivity contribution is 8.26. The molecule has 9 heteroatoms. The van der Waals surface area contributed by atoms with Gasteiger partial charge in [-0.3, -0.25) is 18.9 Å². The van der Waals surface area contributed by atoms with E-state index in [-0.39, 0.29) is 18.0 Å². The maximum absolute atomic E-state index is 13.6. The van der Waals surface area contributed by atoms with Gasteiger partial charge in [0.1, 0.15) is 15.0 Å². The molecule has 1 aliphatic rings. The standard InChI is InChI=1S/C26H18ClN3O2S3/c1-16-11-12-22-28-23(34-18-8-3-2-4-9-18)19(24(31)29(22)14-16)13-21-25(32)30(26(33)35-21)15-17-7-5-6-10-20(17)27/h2-14H,15H2,1H3. The molecule has 1 amide bonds. The number of fused-ring (bicyclic) bond motifs is 1. The zero-order chi connectivity index (χ0) is 24.5. The van der Waals surface area contributed by atoms with E-state index in [0.717, 1.165) is 16.0 Å². The lowest BCUT2D eigenvalue weighted by Crippen LogP contribution is -2.27. The first-order chi connectivity index (χ1) is 16.9. The minimum atomic E-state index is -0.260. The number of carbonyl (C=O) groups excluding carboxylic acids is 1. The van der Waals surface area contributed by atoms with E-state index in [2.05, 4.69) is 0 Å². The summed E-state index contributed by atoms with van der Waals surface area (Å²) in [5.74, 6) is -0.260. The molecule has 174 valence electrons. The van der Waals surface area contributed by atoms with Crippen molar-refractivity contribution in [2.24, 2.45) is 0 Å². The molecule has 2 aromatic carbocycles. The molecule has 0 N–H and O–H groups in total. The molecule has 5 rings (SSSR count). The quantitative estimate of drug-likeness (QED) is 0.172. The van der Waals surface area contributed by atoms with Crippen molar-refractivity contribution in [2.45, 2.75) is 23.4 Å². The predicted octanol–water partition coefficient (Wildman–Crippen LogP) is 6.21. The Hall–Kier alpha value is -2.91. The lowest BCUT2D eigenvalue weighted by atomic mass is 10.2. The monoisotopic (exact) mass is 535 g/mol. The van der Waals surface area contributed by atoms with Gasteiger partial charge in [-0.15, -0.1) is 0 Å². The van der Waals surface area contributed by atoms with Gasteiger partial charge in [-0.1, -0.05) is 89.8 Å². The number of halogens is 1. The van der Waals surface area contributed by atoms with E-state index in [1.165, 1.54) is 32.8 Å². The molecule has 3 heterocycles. The molecule has 35 heavy (non-hydrogen) atoms. The topological polar surface area (TPSA) is 54.7 Å². The fraction of sp³-hybridized carbons (Fsp3) is 0.0769. The van der Waals surface area contributed by atoms with Crippen LogP contribution in [0.2, 0.25) is 5.02 Å². The maximum atomic E-state index is 13.6. The number of aromatic nitrogens is 2. The highest BCUT2D eigenvalue weighted by atomic mass is 35.5. The smallest absolute Gasteiger partial charge is 0.266 e. The zero-order valence-electron chi connectivity index (χ0n) is 18.5. The number of pyridine rings is 1. The summed E-state index contributed by atoms with van der Waals surface area (Å²) in [4.78, 5) is 34.5. The van der Waals surface area contributed by atoms with Gasteiger partial charge >= 0.3 is 0 Å². The van der Waals surface area contributed by atoms with Crippen molar-refractivity contribution in [2.75, 3.05) is 0 Å². The Balaban J connectivity index is 1.58. The second-order valence-corrected chi connectivity index (χ2v) is 11.0. The number of thiocarbonyl (C=S) groups is 1. The van der Waals surface area contributed by atoms with Crippen LogP contribution in [-0.2, 0) is 11.3 Å². The molecule has 4 aromatic rings. The van der Waals surface area contributed by atoms with Crippen molar-refractivity contribution < 1.29 is 4.79 Å². The molecule has 0 radical (unpaired) electrons. The van der Waals surface area contributed by atoms with Gasteiger partial charge in [-0.05, 0) is 48.4 Å². The molecule has 5 nitrogen and oxygen atoms in total. The van der Waals surface area contributed by atoms with Crippen LogP contribution in [0.4, 0.5) is 0 Å². The molecule has 0 saturated carbocycles. The van der Waals surface area contributed by atoms with E-state index in [9.17, 15) is 9.59 Å². The van der Waals surface area contributed by atoms with Crippen LogP contribution >= 0.6 is 47.3 Å². The minimum Gasteiger partial charge on any atom is -0.288 e. The lowest BCUT2D eigenvalue weighted by Gasteiger charge is -2.15. The third-order valence-electron chi connectivity index (χ3n) is 5.36. The first kappa shape index (κ1) is 23.8. The van der Waals surface area contributed by atoms with E-state index < -0.39 is 0 Å². The molecule has 0 bridgehead atoms. The largest absolute Gasteiger partial charge is 0.288 e. The molecule has 0 unspecified atom stereocenters. The van der Waals surface area contributed by atoms with Gasteiger partial charge in [0.25, 0.3) is 11.5 Å². The SMILES string of the molecule is Cc1ccc2nc(Sc3ccccc3)c(C=C3SC(=S)N(Cc4ccccc4Cl)C3=O)c(=O)n2c1. The molecule has 0 atom stereocenters. The highest BCUT2D eigenvalue weighted by Gasteiger charge is 2.33. The average molecular weight is 536 g/mol. The molecule has 1 aliphatic heterocycles. The van der Waals surface area contributed by atoms with Crippen molar-refractivity contribution in [3.8, 4) is 0 Å². The van der Waals surface area contributed by atoms with Crippen LogP contribution in [0, 0.1) is 6.92 Å². The first-order valence-electron chi connectivity index (χ1n) is 10.7. The third-order valence-corrected chi connectivity index (χ3v) is 8.12. The van der Waals surface area contributed by atoms with Crippen LogP contribution in [-0.4, -0.2) is 24.5 Å². The first-order valence-corrected chi connectivity index (χ1v) is 13.1. The summed E-state index contributed by atoms with van der Waals surface area (Å²) in [6.07, 6.45) is 3.36. The average Bonchev–Trinajstić information content (AvgIpc) is 3.11. The van der Waals surface area contributed by atoms with Gasteiger partial charge in [-0.25, -0.2) is 4.98 Å². The van der Waals surface area contributed by atoms with Crippen LogP contribution < -0.4 is 5.56 Å². The van der Waals surface area contributed by atoms with Crippen molar-refractivity contribution in [3.05, 3.63) is 110 Å². The van der Waals surface area contributed by atoms with Gasteiger partial charge in [0.05, 0.1) is 17.0 Å². The number of nitrogens with zero attached hydrogens (tertiary/aromatic N) is 3.